The van der Waals surface area contributed by atoms with Crippen LogP contribution >= 0.6 is 0 Å². The highest BCUT2D eigenvalue weighted by atomic mass is 16.5. The molecule has 9 heteroatoms. The molecule has 1 aliphatic carbocycles. The number of nitrogens with one attached hydrogen (secondary N) is 2. The van der Waals surface area contributed by atoms with Crippen LogP contribution in [0.3, 0.4) is 0 Å². The molecule has 0 aromatic heterocycles. The highest BCUT2D eigenvalue weighted by Gasteiger charge is 2.36. The van der Waals surface area contributed by atoms with Gasteiger partial charge in [0.25, 0.3) is 0 Å². The Bertz CT molecular complexity index is 872. The van der Waals surface area contributed by atoms with Crippen molar-refractivity contribution in [3.8, 4) is 0 Å². The maximum Gasteiger partial charge on any atom is 0.329 e. The van der Waals surface area contributed by atoms with Crippen molar-refractivity contribution in [3.05, 3.63) is 35.9 Å². The third-order valence-electron chi connectivity index (χ3n) is 7.01. The fourth-order valence-corrected chi connectivity index (χ4v) is 5.02. The molecule has 0 bridgehead atoms. The lowest BCUT2D eigenvalue weighted by Crippen LogP contribution is -2.52. The first-order valence-electron chi connectivity index (χ1n) is 13.2. The Balaban J connectivity index is 1.52. The van der Waals surface area contributed by atoms with Crippen LogP contribution in [0.25, 0.3) is 0 Å². The standard InChI is InChI=1S/C27H39N3O6/c31-24(29-35)16-6-1-2-7-17-25(32)30-18-10-15-23(30)26(33)28-22(19-20-11-4-3-5-12-20)27(34)36-21-13-8-9-14-21/h3-5,11-12,21-23,35H,1-2,6-10,13-19H2,(H,28,33)(H,29,31)/t22-,23?/m0/s1. The van der Waals surface area contributed by atoms with E-state index in [2.05, 4.69) is 5.32 Å². The highest BCUT2D eigenvalue weighted by Crippen LogP contribution is 2.23. The fraction of sp³-hybridized carbons (Fsp3) is 0.630. The monoisotopic (exact) mass is 501 g/mol. The number of esters is 1. The third kappa shape index (κ3) is 8.62. The summed E-state index contributed by atoms with van der Waals surface area (Å²) < 4.78 is 5.72. The minimum atomic E-state index is -0.797. The second kappa shape index (κ2) is 14.6. The van der Waals surface area contributed by atoms with Gasteiger partial charge < -0.3 is 15.0 Å². The molecule has 0 radical (unpaired) electrons. The summed E-state index contributed by atoms with van der Waals surface area (Å²) in [5.74, 6) is -1.19. The first kappa shape index (κ1) is 27.6. The van der Waals surface area contributed by atoms with E-state index in [1.54, 1.807) is 10.4 Å². The van der Waals surface area contributed by atoms with Crippen molar-refractivity contribution in [1.82, 2.24) is 15.7 Å². The molecule has 1 aromatic rings. The number of carbonyl (C=O) groups excluding carboxylic acids is 4. The molecule has 1 aliphatic heterocycles. The predicted octanol–water partition coefficient (Wildman–Crippen LogP) is 3.04. The minimum Gasteiger partial charge on any atom is -0.461 e. The van der Waals surface area contributed by atoms with Gasteiger partial charge >= 0.3 is 5.97 Å². The maximum atomic E-state index is 13.2. The average Bonchev–Trinajstić information content (AvgIpc) is 3.58. The van der Waals surface area contributed by atoms with Crippen molar-refractivity contribution in [2.45, 2.75) is 102 Å². The van der Waals surface area contributed by atoms with E-state index in [0.29, 0.717) is 38.6 Å². The SMILES string of the molecule is O=C(CCCCCCC(=O)N1CCCC1C(=O)N[C@@H](Cc1ccccc1)C(=O)OC1CCCC1)NO. The molecule has 2 fully saturated rings. The number of benzene rings is 1. The second-order valence-electron chi connectivity index (χ2n) is 9.79. The summed E-state index contributed by atoms with van der Waals surface area (Å²) in [6, 6.07) is 8.16. The Morgan fingerprint density at radius 1 is 0.944 bits per heavy atom. The zero-order valence-electron chi connectivity index (χ0n) is 21.0. The molecule has 1 saturated heterocycles. The van der Waals surface area contributed by atoms with Crippen molar-refractivity contribution >= 4 is 23.7 Å². The minimum absolute atomic E-state index is 0.0612. The van der Waals surface area contributed by atoms with E-state index in [1.165, 1.54) is 0 Å². The van der Waals surface area contributed by atoms with Crippen molar-refractivity contribution < 1.29 is 29.1 Å². The molecule has 3 amide bonds. The molecular formula is C27H39N3O6. The lowest BCUT2D eigenvalue weighted by Gasteiger charge is -2.27. The van der Waals surface area contributed by atoms with Crippen LogP contribution in [0.2, 0.25) is 0 Å². The van der Waals surface area contributed by atoms with Gasteiger partial charge in [0.05, 0.1) is 0 Å². The van der Waals surface area contributed by atoms with Gasteiger partial charge in [-0.2, -0.15) is 0 Å². The van der Waals surface area contributed by atoms with Crippen LogP contribution in [0.1, 0.15) is 82.6 Å². The molecule has 1 saturated carbocycles. The number of unbranched alkanes of at least 4 members (excludes halogenated alkanes) is 3. The summed E-state index contributed by atoms with van der Waals surface area (Å²) in [6.07, 6.45) is 8.88. The van der Waals surface area contributed by atoms with Crippen LogP contribution in [0.15, 0.2) is 30.3 Å². The topological polar surface area (TPSA) is 125 Å². The number of rotatable bonds is 13. The van der Waals surface area contributed by atoms with Gasteiger partial charge in [0.2, 0.25) is 17.7 Å². The van der Waals surface area contributed by atoms with E-state index >= 15 is 0 Å². The Labute approximate surface area is 212 Å². The summed E-state index contributed by atoms with van der Waals surface area (Å²) in [7, 11) is 0. The van der Waals surface area contributed by atoms with Gasteiger partial charge in [0, 0.05) is 25.8 Å². The van der Waals surface area contributed by atoms with Crippen LogP contribution in [0, 0.1) is 0 Å². The molecule has 1 unspecified atom stereocenters. The van der Waals surface area contributed by atoms with Gasteiger partial charge in [0.15, 0.2) is 0 Å². The van der Waals surface area contributed by atoms with E-state index in [4.69, 9.17) is 9.94 Å². The molecular weight excluding hydrogens is 462 g/mol. The molecule has 3 rings (SSSR count). The smallest absolute Gasteiger partial charge is 0.329 e. The Morgan fingerprint density at radius 2 is 1.64 bits per heavy atom. The number of hydrogen-bond acceptors (Lipinski definition) is 6. The molecule has 2 aliphatic rings. The van der Waals surface area contributed by atoms with E-state index in [9.17, 15) is 19.2 Å². The van der Waals surface area contributed by atoms with Crippen LogP contribution in [0.5, 0.6) is 0 Å². The molecule has 198 valence electrons. The summed E-state index contributed by atoms with van der Waals surface area (Å²) in [5.41, 5.74) is 2.54. The van der Waals surface area contributed by atoms with Gasteiger partial charge in [0.1, 0.15) is 18.2 Å². The number of hydroxylamine groups is 1. The first-order chi connectivity index (χ1) is 17.5. The number of amides is 3. The molecule has 36 heavy (non-hydrogen) atoms. The summed E-state index contributed by atoms with van der Waals surface area (Å²) in [4.78, 5) is 51.8. The van der Waals surface area contributed by atoms with E-state index in [0.717, 1.165) is 50.5 Å². The highest BCUT2D eigenvalue weighted by molar-refractivity contribution is 5.91. The molecule has 9 nitrogen and oxygen atoms in total. The largest absolute Gasteiger partial charge is 0.461 e. The van der Waals surface area contributed by atoms with Crippen LogP contribution in [-0.2, 0) is 30.3 Å². The Morgan fingerprint density at radius 3 is 2.33 bits per heavy atom. The molecule has 2 atom stereocenters. The van der Waals surface area contributed by atoms with Crippen LogP contribution in [-0.4, -0.2) is 58.5 Å². The quantitative estimate of drug-likeness (QED) is 0.165. The number of ether oxygens (including phenoxy) is 1. The Hall–Kier alpha value is -2.94. The average molecular weight is 502 g/mol. The van der Waals surface area contributed by atoms with Crippen LogP contribution < -0.4 is 10.8 Å². The second-order valence-corrected chi connectivity index (χ2v) is 9.79. The van der Waals surface area contributed by atoms with Crippen molar-refractivity contribution in [2.75, 3.05) is 6.54 Å². The lowest BCUT2D eigenvalue weighted by atomic mass is 10.0. The molecule has 0 spiro atoms. The van der Waals surface area contributed by atoms with E-state index in [1.807, 2.05) is 30.3 Å². The Kier molecular flexibility index (Phi) is 11.2. The number of nitrogens with zero attached hydrogens (tertiary/aromatic N) is 1. The van der Waals surface area contributed by atoms with Crippen molar-refractivity contribution in [1.29, 1.82) is 0 Å². The molecule has 3 N–H and O–H groups in total. The van der Waals surface area contributed by atoms with Crippen LogP contribution in [0.4, 0.5) is 0 Å². The van der Waals surface area contributed by atoms with Gasteiger partial charge in [-0.1, -0.05) is 43.2 Å². The third-order valence-corrected chi connectivity index (χ3v) is 7.01. The van der Waals surface area contributed by atoms with E-state index in [-0.39, 0.29) is 24.3 Å². The van der Waals surface area contributed by atoms with Crippen molar-refractivity contribution in [2.24, 2.45) is 0 Å². The van der Waals surface area contributed by atoms with Crippen molar-refractivity contribution in [3.63, 3.8) is 0 Å². The summed E-state index contributed by atoms with van der Waals surface area (Å²) >= 11 is 0. The van der Waals surface area contributed by atoms with Gasteiger partial charge in [-0.05, 0) is 56.9 Å². The number of carbonyl (C=O) groups is 4. The normalized spacial score (nSPS) is 18.6. The van der Waals surface area contributed by atoms with Gasteiger partial charge in [-0.25, -0.2) is 10.3 Å². The summed E-state index contributed by atoms with van der Waals surface area (Å²) in [5, 5.41) is 11.4. The fourth-order valence-electron chi connectivity index (χ4n) is 5.02. The number of hydrogen-bond donors (Lipinski definition) is 3. The zero-order valence-corrected chi connectivity index (χ0v) is 21.0. The lowest BCUT2D eigenvalue weighted by molar-refractivity contribution is -0.153. The molecule has 1 heterocycles. The number of likely N-dealkylation sites (tertiary alicyclic amines) is 1. The first-order valence-corrected chi connectivity index (χ1v) is 13.2. The zero-order chi connectivity index (χ0) is 25.8. The van der Waals surface area contributed by atoms with E-state index < -0.39 is 24.0 Å². The van der Waals surface area contributed by atoms with Gasteiger partial charge in [-0.3, -0.25) is 19.6 Å². The maximum absolute atomic E-state index is 13.2. The van der Waals surface area contributed by atoms with Gasteiger partial charge in [-0.15, -0.1) is 0 Å². The molecule has 1 aromatic carbocycles. The summed E-state index contributed by atoms with van der Waals surface area (Å²) in [6.45, 7) is 0.531. The predicted molar refractivity (Wildman–Crippen MR) is 133 cm³/mol.